The Bertz CT molecular complexity index is 554. The number of rotatable bonds is 6. The third-order valence-electron chi connectivity index (χ3n) is 3.52. The summed E-state index contributed by atoms with van der Waals surface area (Å²) < 4.78 is 0. The lowest BCUT2D eigenvalue weighted by molar-refractivity contribution is -0.122. The minimum absolute atomic E-state index is 0.0146. The zero-order chi connectivity index (χ0) is 15.1. The first-order chi connectivity index (χ1) is 10.2. The maximum Gasteiger partial charge on any atom is 0.231 e. The monoisotopic (exact) mass is 282 g/mol. The van der Waals surface area contributed by atoms with Crippen LogP contribution in [-0.4, -0.2) is 10.9 Å². The van der Waals surface area contributed by atoms with Crippen molar-refractivity contribution in [2.75, 3.05) is 4.90 Å². The molecule has 1 aromatic carbocycles. The molecule has 21 heavy (non-hydrogen) atoms. The first-order valence-electron chi connectivity index (χ1n) is 7.48. The van der Waals surface area contributed by atoms with Gasteiger partial charge in [-0.3, -0.25) is 9.69 Å². The quantitative estimate of drug-likeness (QED) is 0.800. The van der Waals surface area contributed by atoms with Gasteiger partial charge in [-0.1, -0.05) is 56.7 Å². The Hall–Kier alpha value is -2.16. The number of nitrogens with zero attached hydrogens (tertiary/aromatic N) is 2. The molecule has 0 spiro atoms. The first-order valence-corrected chi connectivity index (χ1v) is 7.48. The third kappa shape index (κ3) is 4.15. The van der Waals surface area contributed by atoms with Crippen molar-refractivity contribution in [2.24, 2.45) is 5.92 Å². The van der Waals surface area contributed by atoms with Gasteiger partial charge >= 0.3 is 0 Å². The van der Waals surface area contributed by atoms with Crippen LogP contribution in [0, 0.1) is 5.92 Å². The minimum atomic E-state index is 0.0146. The fourth-order valence-corrected chi connectivity index (χ4v) is 2.37. The third-order valence-corrected chi connectivity index (χ3v) is 3.52. The summed E-state index contributed by atoms with van der Waals surface area (Å²) in [5.74, 6) is 0.870. The molecule has 2 aromatic rings. The molecule has 1 amide bonds. The summed E-state index contributed by atoms with van der Waals surface area (Å²) in [5, 5.41) is 0. The van der Waals surface area contributed by atoms with Crippen LogP contribution in [0.4, 0.5) is 5.82 Å². The van der Waals surface area contributed by atoms with Crippen molar-refractivity contribution < 1.29 is 4.79 Å². The molecule has 0 radical (unpaired) electrons. The molecule has 1 heterocycles. The largest absolute Gasteiger partial charge is 0.292 e. The van der Waals surface area contributed by atoms with Gasteiger partial charge in [-0.2, -0.15) is 0 Å². The molecule has 0 aliphatic carbocycles. The molecule has 110 valence electrons. The van der Waals surface area contributed by atoms with E-state index >= 15 is 0 Å². The smallest absolute Gasteiger partial charge is 0.231 e. The van der Waals surface area contributed by atoms with Crippen molar-refractivity contribution in [3.8, 4) is 0 Å². The molecule has 1 atom stereocenters. The Kier molecular flexibility index (Phi) is 5.50. The van der Waals surface area contributed by atoms with Crippen LogP contribution in [0.3, 0.4) is 0 Å². The van der Waals surface area contributed by atoms with Gasteiger partial charge in [0.1, 0.15) is 5.82 Å². The van der Waals surface area contributed by atoms with Crippen molar-refractivity contribution in [1.29, 1.82) is 0 Å². The summed E-state index contributed by atoms with van der Waals surface area (Å²) in [5.41, 5.74) is 1.11. The maximum absolute atomic E-state index is 12.7. The molecule has 0 saturated carbocycles. The second-order valence-electron chi connectivity index (χ2n) is 5.29. The predicted octanol–water partition coefficient (Wildman–Crippen LogP) is 4.05. The van der Waals surface area contributed by atoms with E-state index in [0.717, 1.165) is 18.4 Å². The number of carbonyl (C=O) groups excluding carboxylic acids is 1. The highest BCUT2D eigenvalue weighted by atomic mass is 16.2. The molecule has 0 fully saturated rings. The average molecular weight is 282 g/mol. The average Bonchev–Trinajstić information content (AvgIpc) is 2.54. The number of aromatic nitrogens is 1. The lowest BCUT2D eigenvalue weighted by atomic mass is 10.0. The van der Waals surface area contributed by atoms with E-state index in [1.54, 1.807) is 11.1 Å². The fraction of sp³-hybridized carbons (Fsp3) is 0.333. The summed E-state index contributed by atoms with van der Waals surface area (Å²) in [6.45, 7) is 4.66. The van der Waals surface area contributed by atoms with Gasteiger partial charge in [0.05, 0.1) is 6.54 Å². The van der Waals surface area contributed by atoms with Crippen LogP contribution in [0.2, 0.25) is 0 Å². The van der Waals surface area contributed by atoms with Crippen molar-refractivity contribution in [3.05, 3.63) is 60.3 Å². The Morgan fingerprint density at radius 1 is 1.14 bits per heavy atom. The van der Waals surface area contributed by atoms with Gasteiger partial charge in [-0.15, -0.1) is 0 Å². The normalized spacial score (nSPS) is 11.9. The molecule has 0 N–H and O–H groups in total. The second kappa shape index (κ2) is 7.58. The summed E-state index contributed by atoms with van der Waals surface area (Å²) in [4.78, 5) is 18.9. The first kappa shape index (κ1) is 15.2. The summed E-state index contributed by atoms with van der Waals surface area (Å²) in [6.07, 6.45) is 3.64. The number of anilines is 1. The van der Waals surface area contributed by atoms with Crippen LogP contribution in [0.5, 0.6) is 0 Å². The number of hydrogen-bond donors (Lipinski definition) is 0. The van der Waals surface area contributed by atoms with E-state index in [-0.39, 0.29) is 11.8 Å². The number of hydrogen-bond acceptors (Lipinski definition) is 2. The summed E-state index contributed by atoms with van der Waals surface area (Å²) in [6, 6.07) is 15.7. The van der Waals surface area contributed by atoms with E-state index in [4.69, 9.17) is 0 Å². The molecular formula is C18H22N2O. The SMILES string of the molecule is CCC[C@@H](C)C(=O)N(Cc1ccccc1)c1ccccn1. The molecule has 0 unspecified atom stereocenters. The number of pyridine rings is 1. The van der Waals surface area contributed by atoms with Gasteiger partial charge in [0.15, 0.2) is 0 Å². The molecule has 1 aromatic heterocycles. The Balaban J connectivity index is 2.24. The van der Waals surface area contributed by atoms with E-state index in [2.05, 4.69) is 11.9 Å². The van der Waals surface area contributed by atoms with E-state index in [9.17, 15) is 4.79 Å². The van der Waals surface area contributed by atoms with Crippen LogP contribution in [0.15, 0.2) is 54.7 Å². The lowest BCUT2D eigenvalue weighted by Gasteiger charge is -2.25. The van der Waals surface area contributed by atoms with Crippen LogP contribution in [-0.2, 0) is 11.3 Å². The Labute approximate surface area is 126 Å². The van der Waals surface area contributed by atoms with Gasteiger partial charge in [-0.05, 0) is 24.1 Å². The number of amides is 1. The van der Waals surface area contributed by atoms with E-state index in [0.29, 0.717) is 12.4 Å². The molecule has 3 heteroatoms. The van der Waals surface area contributed by atoms with Gasteiger partial charge in [0, 0.05) is 12.1 Å². The van der Waals surface area contributed by atoms with Gasteiger partial charge in [-0.25, -0.2) is 4.98 Å². The summed E-state index contributed by atoms with van der Waals surface area (Å²) >= 11 is 0. The Morgan fingerprint density at radius 3 is 2.48 bits per heavy atom. The Morgan fingerprint density at radius 2 is 1.86 bits per heavy atom. The standard InChI is InChI=1S/C18H22N2O/c1-3-9-15(2)18(21)20(17-12-7-8-13-19-17)14-16-10-5-4-6-11-16/h4-8,10-13,15H,3,9,14H2,1-2H3/t15-/m1/s1. The van der Waals surface area contributed by atoms with Crippen LogP contribution >= 0.6 is 0 Å². The highest BCUT2D eigenvalue weighted by molar-refractivity contribution is 5.93. The molecule has 0 saturated heterocycles. The van der Waals surface area contributed by atoms with Crippen LogP contribution in [0.1, 0.15) is 32.3 Å². The lowest BCUT2D eigenvalue weighted by Crippen LogP contribution is -2.35. The van der Waals surface area contributed by atoms with E-state index in [1.165, 1.54) is 0 Å². The fourth-order valence-electron chi connectivity index (χ4n) is 2.37. The zero-order valence-electron chi connectivity index (χ0n) is 12.7. The molecule has 0 bridgehead atoms. The van der Waals surface area contributed by atoms with Gasteiger partial charge in [0.25, 0.3) is 0 Å². The molecule has 0 aliphatic heterocycles. The minimum Gasteiger partial charge on any atom is -0.292 e. The molecule has 0 aliphatic rings. The molecular weight excluding hydrogens is 260 g/mol. The second-order valence-corrected chi connectivity index (χ2v) is 5.29. The van der Waals surface area contributed by atoms with Crippen molar-refractivity contribution >= 4 is 11.7 Å². The van der Waals surface area contributed by atoms with E-state index < -0.39 is 0 Å². The topological polar surface area (TPSA) is 33.2 Å². The molecule has 2 rings (SSSR count). The van der Waals surface area contributed by atoms with Crippen LogP contribution < -0.4 is 4.90 Å². The number of benzene rings is 1. The summed E-state index contributed by atoms with van der Waals surface area (Å²) in [7, 11) is 0. The van der Waals surface area contributed by atoms with Crippen LogP contribution in [0.25, 0.3) is 0 Å². The van der Waals surface area contributed by atoms with Gasteiger partial charge < -0.3 is 0 Å². The van der Waals surface area contributed by atoms with Crippen molar-refractivity contribution in [2.45, 2.75) is 33.2 Å². The number of carbonyl (C=O) groups is 1. The van der Waals surface area contributed by atoms with E-state index in [1.807, 2.05) is 55.5 Å². The van der Waals surface area contributed by atoms with Gasteiger partial charge in [0.2, 0.25) is 5.91 Å². The maximum atomic E-state index is 12.7. The molecule has 3 nitrogen and oxygen atoms in total. The highest BCUT2D eigenvalue weighted by Gasteiger charge is 2.22. The van der Waals surface area contributed by atoms with Crippen molar-refractivity contribution in [1.82, 2.24) is 4.98 Å². The highest BCUT2D eigenvalue weighted by Crippen LogP contribution is 2.19. The van der Waals surface area contributed by atoms with Crippen molar-refractivity contribution in [3.63, 3.8) is 0 Å². The predicted molar refractivity (Wildman–Crippen MR) is 85.9 cm³/mol. The zero-order valence-corrected chi connectivity index (χ0v) is 12.7.